The smallest absolute Gasteiger partial charge is 0.336 e. The molecule has 1 N–H and O–H groups in total. The second-order valence-corrected chi connectivity index (χ2v) is 7.53. The molecule has 7 nitrogen and oxygen atoms in total. The molecule has 0 aliphatic carbocycles. The third-order valence-corrected chi connectivity index (χ3v) is 5.04. The monoisotopic (exact) mass is 419 g/mol. The molecule has 2 aromatic carbocycles. The van der Waals surface area contributed by atoms with Gasteiger partial charge < -0.3 is 18.9 Å². The van der Waals surface area contributed by atoms with Crippen molar-refractivity contribution in [3.63, 3.8) is 0 Å². The average molecular weight is 419 g/mol. The third-order valence-electron chi connectivity index (χ3n) is 5.04. The molecule has 2 heterocycles. The van der Waals surface area contributed by atoms with E-state index in [-0.39, 0.29) is 18.3 Å². The third kappa shape index (κ3) is 4.21. The number of carbonyl (C=O) groups is 2. The van der Waals surface area contributed by atoms with E-state index in [1.54, 1.807) is 26.0 Å². The number of rotatable bonds is 6. The summed E-state index contributed by atoms with van der Waals surface area (Å²) < 4.78 is 15.9. The summed E-state index contributed by atoms with van der Waals surface area (Å²) in [4.78, 5) is 37.1. The van der Waals surface area contributed by atoms with Crippen molar-refractivity contribution in [2.45, 2.75) is 26.5 Å². The van der Waals surface area contributed by atoms with Crippen LogP contribution in [0.15, 0.2) is 74.5 Å². The Labute approximate surface area is 177 Å². The number of fused-ring (bicyclic) bond motifs is 3. The van der Waals surface area contributed by atoms with Crippen molar-refractivity contribution in [2.24, 2.45) is 5.92 Å². The van der Waals surface area contributed by atoms with Crippen molar-refractivity contribution in [1.29, 1.82) is 0 Å². The van der Waals surface area contributed by atoms with E-state index >= 15 is 0 Å². The van der Waals surface area contributed by atoms with Crippen molar-refractivity contribution < 1.29 is 23.2 Å². The minimum absolute atomic E-state index is 0.108. The van der Waals surface area contributed by atoms with Crippen molar-refractivity contribution >= 4 is 33.6 Å². The van der Waals surface area contributed by atoms with E-state index in [0.717, 1.165) is 10.8 Å². The van der Waals surface area contributed by atoms with Gasteiger partial charge in [-0.15, -0.1) is 0 Å². The second-order valence-electron chi connectivity index (χ2n) is 7.53. The molecule has 158 valence electrons. The molecule has 4 aromatic rings. The summed E-state index contributed by atoms with van der Waals surface area (Å²) in [6.07, 6.45) is 1.38. The number of benzene rings is 2. The SMILES string of the molecule is CC(C)C(NC(=O)c1ccco1)C(=O)OCc1cc(=O)oc2ccc3ccccc3c12. The van der Waals surface area contributed by atoms with Crippen LogP contribution in [0.1, 0.15) is 30.0 Å². The summed E-state index contributed by atoms with van der Waals surface area (Å²) >= 11 is 0. The lowest BCUT2D eigenvalue weighted by Crippen LogP contribution is -2.45. The van der Waals surface area contributed by atoms with Crippen LogP contribution in [0, 0.1) is 5.92 Å². The van der Waals surface area contributed by atoms with Gasteiger partial charge in [0.2, 0.25) is 0 Å². The maximum absolute atomic E-state index is 12.8. The fourth-order valence-electron chi connectivity index (χ4n) is 3.49. The predicted molar refractivity (Wildman–Crippen MR) is 115 cm³/mol. The highest BCUT2D eigenvalue weighted by Crippen LogP contribution is 2.28. The molecule has 0 spiro atoms. The van der Waals surface area contributed by atoms with Gasteiger partial charge in [-0.3, -0.25) is 4.79 Å². The van der Waals surface area contributed by atoms with Gasteiger partial charge in [-0.1, -0.05) is 44.2 Å². The van der Waals surface area contributed by atoms with Crippen LogP contribution >= 0.6 is 0 Å². The zero-order chi connectivity index (χ0) is 22.0. The molecule has 0 bridgehead atoms. The fourth-order valence-corrected chi connectivity index (χ4v) is 3.49. The lowest BCUT2D eigenvalue weighted by Gasteiger charge is -2.20. The number of carbonyl (C=O) groups excluding carboxylic acids is 2. The molecule has 1 amide bonds. The van der Waals surface area contributed by atoms with Gasteiger partial charge in [-0.05, 0) is 34.9 Å². The standard InChI is InChI=1S/C24H21NO6/c1-14(2)22(25-23(27)19-8-5-11-29-19)24(28)30-13-16-12-20(26)31-18-10-9-15-6-3-4-7-17(15)21(16)18/h3-12,14,22H,13H2,1-2H3,(H,25,27). The lowest BCUT2D eigenvalue weighted by atomic mass is 10.0. The van der Waals surface area contributed by atoms with Crippen LogP contribution < -0.4 is 10.9 Å². The molecular weight excluding hydrogens is 398 g/mol. The number of nitrogens with one attached hydrogen (secondary N) is 1. The van der Waals surface area contributed by atoms with Gasteiger partial charge in [0.1, 0.15) is 18.2 Å². The van der Waals surface area contributed by atoms with Gasteiger partial charge in [0.15, 0.2) is 5.76 Å². The number of hydrogen-bond donors (Lipinski definition) is 1. The Morgan fingerprint density at radius 2 is 1.87 bits per heavy atom. The molecular formula is C24H21NO6. The van der Waals surface area contributed by atoms with Gasteiger partial charge in [0.05, 0.1) is 6.26 Å². The average Bonchev–Trinajstić information content (AvgIpc) is 3.30. The molecule has 7 heteroatoms. The van der Waals surface area contributed by atoms with Crippen molar-refractivity contribution in [3.8, 4) is 0 Å². The first-order valence-electron chi connectivity index (χ1n) is 9.89. The summed E-state index contributed by atoms with van der Waals surface area (Å²) in [6.45, 7) is 3.47. The predicted octanol–water partition coefficient (Wildman–Crippen LogP) is 4.04. The van der Waals surface area contributed by atoms with Gasteiger partial charge >= 0.3 is 11.6 Å². The highest BCUT2D eigenvalue weighted by molar-refractivity contribution is 6.07. The minimum atomic E-state index is -0.874. The molecule has 1 unspecified atom stereocenters. The zero-order valence-electron chi connectivity index (χ0n) is 17.1. The van der Waals surface area contributed by atoms with Crippen LogP contribution in [-0.2, 0) is 16.1 Å². The van der Waals surface area contributed by atoms with E-state index in [4.69, 9.17) is 13.6 Å². The Hall–Kier alpha value is -3.87. The maximum Gasteiger partial charge on any atom is 0.336 e. The Morgan fingerprint density at radius 3 is 2.61 bits per heavy atom. The molecule has 0 aliphatic rings. The van der Waals surface area contributed by atoms with E-state index in [9.17, 15) is 14.4 Å². The van der Waals surface area contributed by atoms with Gasteiger partial charge in [-0.2, -0.15) is 0 Å². The zero-order valence-corrected chi connectivity index (χ0v) is 17.1. The van der Waals surface area contributed by atoms with Crippen molar-refractivity contribution in [3.05, 3.63) is 82.6 Å². The number of amides is 1. The molecule has 4 rings (SSSR count). The summed E-state index contributed by atoms with van der Waals surface area (Å²) in [5.74, 6) is -1.21. The molecule has 0 saturated heterocycles. The second kappa shape index (κ2) is 8.47. The first kappa shape index (κ1) is 20.4. The van der Waals surface area contributed by atoms with Crippen LogP contribution in [0.4, 0.5) is 0 Å². The summed E-state index contributed by atoms with van der Waals surface area (Å²) in [5, 5.41) is 5.22. The lowest BCUT2D eigenvalue weighted by molar-refractivity contribution is -0.148. The van der Waals surface area contributed by atoms with Gasteiger partial charge in [0, 0.05) is 17.0 Å². The van der Waals surface area contributed by atoms with Crippen molar-refractivity contribution in [1.82, 2.24) is 5.32 Å². The Balaban J connectivity index is 1.60. The topological polar surface area (TPSA) is 98.8 Å². The molecule has 2 aromatic heterocycles. The first-order valence-corrected chi connectivity index (χ1v) is 9.89. The highest BCUT2D eigenvalue weighted by Gasteiger charge is 2.27. The van der Waals surface area contributed by atoms with Crippen LogP contribution in [0.3, 0.4) is 0 Å². The summed E-state index contributed by atoms with van der Waals surface area (Å²) in [5.41, 5.74) is 0.431. The van der Waals surface area contributed by atoms with E-state index in [0.29, 0.717) is 16.5 Å². The van der Waals surface area contributed by atoms with E-state index in [1.807, 2.05) is 30.3 Å². The van der Waals surface area contributed by atoms with Gasteiger partial charge in [0.25, 0.3) is 5.91 Å². The summed E-state index contributed by atoms with van der Waals surface area (Å²) in [6, 6.07) is 14.8. The Morgan fingerprint density at radius 1 is 1.06 bits per heavy atom. The van der Waals surface area contributed by atoms with E-state index in [1.165, 1.54) is 18.4 Å². The minimum Gasteiger partial charge on any atom is -0.459 e. The number of ether oxygens (including phenoxy) is 1. The largest absolute Gasteiger partial charge is 0.459 e. The van der Waals surface area contributed by atoms with E-state index in [2.05, 4.69) is 5.32 Å². The molecule has 0 aliphatic heterocycles. The van der Waals surface area contributed by atoms with Crippen LogP contribution in [-0.4, -0.2) is 17.9 Å². The highest BCUT2D eigenvalue weighted by atomic mass is 16.5. The Bertz CT molecular complexity index is 1300. The number of furan rings is 1. The number of esters is 1. The fraction of sp³-hybridized carbons (Fsp3) is 0.208. The van der Waals surface area contributed by atoms with Gasteiger partial charge in [-0.25, -0.2) is 9.59 Å². The number of hydrogen-bond acceptors (Lipinski definition) is 6. The normalized spacial score (nSPS) is 12.2. The molecule has 0 saturated carbocycles. The molecule has 0 radical (unpaired) electrons. The summed E-state index contributed by atoms with van der Waals surface area (Å²) in [7, 11) is 0. The quantitative estimate of drug-likeness (QED) is 0.288. The maximum atomic E-state index is 12.8. The van der Waals surface area contributed by atoms with Crippen LogP contribution in [0.25, 0.3) is 21.7 Å². The van der Waals surface area contributed by atoms with Crippen LogP contribution in [0.5, 0.6) is 0 Å². The molecule has 31 heavy (non-hydrogen) atoms. The molecule has 1 atom stereocenters. The Kier molecular flexibility index (Phi) is 5.58. The van der Waals surface area contributed by atoms with E-state index < -0.39 is 23.5 Å². The van der Waals surface area contributed by atoms with Crippen molar-refractivity contribution in [2.75, 3.05) is 0 Å². The van der Waals surface area contributed by atoms with Crippen LogP contribution in [0.2, 0.25) is 0 Å². The molecule has 0 fully saturated rings. The first-order chi connectivity index (χ1) is 14.9.